The molecule has 1 unspecified atom stereocenters. The first kappa shape index (κ1) is 23.8. The van der Waals surface area contributed by atoms with Gasteiger partial charge in [0.05, 0.1) is 19.8 Å². The highest BCUT2D eigenvalue weighted by Gasteiger charge is 2.33. The van der Waals surface area contributed by atoms with E-state index >= 15 is 0 Å². The molecule has 0 saturated heterocycles. The van der Waals surface area contributed by atoms with E-state index in [0.717, 1.165) is 36.1 Å². The fraction of sp³-hybridized carbons (Fsp3) is 0.379. The molecule has 0 N–H and O–H groups in total. The van der Waals surface area contributed by atoms with Crippen LogP contribution in [0.4, 0.5) is 0 Å². The Kier molecular flexibility index (Phi) is 7.51. The van der Waals surface area contributed by atoms with Crippen LogP contribution in [-0.2, 0) is 17.6 Å². The lowest BCUT2D eigenvalue weighted by Gasteiger charge is -2.39. The highest BCUT2D eigenvalue weighted by atomic mass is 16.5. The average Bonchev–Trinajstić information content (AvgIpc) is 2.84. The number of hydrogen-bond acceptors (Lipinski definition) is 4. The molecule has 2 heterocycles. The van der Waals surface area contributed by atoms with Gasteiger partial charge in [-0.3, -0.25) is 9.78 Å². The number of ether oxygens (including phenoxy) is 2. The van der Waals surface area contributed by atoms with Crippen molar-refractivity contribution < 1.29 is 14.3 Å². The molecule has 0 fully saturated rings. The van der Waals surface area contributed by atoms with Gasteiger partial charge in [0.1, 0.15) is 0 Å². The second-order valence-electron chi connectivity index (χ2n) is 9.01. The molecule has 1 aromatic heterocycles. The number of hydrogen-bond donors (Lipinski definition) is 0. The second kappa shape index (κ2) is 10.7. The lowest BCUT2D eigenvalue weighted by Crippen LogP contribution is -2.40. The molecule has 0 saturated carbocycles. The summed E-state index contributed by atoms with van der Waals surface area (Å²) in [6.07, 6.45) is 6.60. The maximum absolute atomic E-state index is 13.2. The minimum Gasteiger partial charge on any atom is -0.493 e. The first-order chi connectivity index (χ1) is 16.5. The van der Waals surface area contributed by atoms with Crippen LogP contribution in [0.1, 0.15) is 59.2 Å². The number of benzene rings is 2. The van der Waals surface area contributed by atoms with Crippen molar-refractivity contribution in [2.75, 3.05) is 20.3 Å². The van der Waals surface area contributed by atoms with Crippen molar-refractivity contribution in [1.82, 2.24) is 9.88 Å². The van der Waals surface area contributed by atoms with Crippen molar-refractivity contribution in [2.45, 2.75) is 52.5 Å². The maximum atomic E-state index is 13.2. The monoisotopic (exact) mass is 458 g/mol. The molecule has 1 atom stereocenters. The van der Waals surface area contributed by atoms with E-state index in [1.807, 2.05) is 18.3 Å². The summed E-state index contributed by atoms with van der Waals surface area (Å²) in [6.45, 7) is 7.52. The molecule has 178 valence electrons. The van der Waals surface area contributed by atoms with Crippen LogP contribution in [0.5, 0.6) is 11.5 Å². The highest BCUT2D eigenvalue weighted by molar-refractivity contribution is 5.78. The number of carbonyl (C=O) groups excluding carboxylic acids is 1. The number of methoxy groups -OCH3 is 1. The fourth-order valence-corrected chi connectivity index (χ4v) is 4.82. The van der Waals surface area contributed by atoms with Crippen LogP contribution in [0, 0.1) is 13.8 Å². The summed E-state index contributed by atoms with van der Waals surface area (Å²) in [5, 5.41) is 0. The number of carbonyl (C=O) groups is 1. The summed E-state index contributed by atoms with van der Waals surface area (Å²) < 4.78 is 11.9. The molecule has 4 rings (SSSR count). The molecule has 34 heavy (non-hydrogen) atoms. The Hall–Kier alpha value is -3.34. The Morgan fingerprint density at radius 2 is 1.97 bits per heavy atom. The Labute approximate surface area is 202 Å². The van der Waals surface area contributed by atoms with Crippen molar-refractivity contribution in [3.8, 4) is 11.5 Å². The molecule has 5 nitrogen and oxygen atoms in total. The smallest absolute Gasteiger partial charge is 0.223 e. The van der Waals surface area contributed by atoms with Gasteiger partial charge in [-0.15, -0.1) is 0 Å². The van der Waals surface area contributed by atoms with Gasteiger partial charge in [0.2, 0.25) is 5.91 Å². The molecular formula is C29H34N2O3. The Morgan fingerprint density at radius 1 is 1.12 bits per heavy atom. The molecule has 1 amide bonds. The van der Waals surface area contributed by atoms with Gasteiger partial charge >= 0.3 is 0 Å². The zero-order valence-electron chi connectivity index (χ0n) is 20.6. The summed E-state index contributed by atoms with van der Waals surface area (Å²) in [7, 11) is 1.68. The molecule has 5 heteroatoms. The third-order valence-corrected chi connectivity index (χ3v) is 6.53. The van der Waals surface area contributed by atoms with E-state index in [9.17, 15) is 4.79 Å². The van der Waals surface area contributed by atoms with Gasteiger partial charge in [-0.25, -0.2) is 0 Å². The van der Waals surface area contributed by atoms with Crippen LogP contribution >= 0.6 is 0 Å². The zero-order chi connectivity index (χ0) is 24.1. The first-order valence-electron chi connectivity index (χ1n) is 12.1. The molecule has 2 aromatic carbocycles. The largest absolute Gasteiger partial charge is 0.493 e. The van der Waals surface area contributed by atoms with Crippen molar-refractivity contribution in [3.63, 3.8) is 0 Å². The van der Waals surface area contributed by atoms with E-state index < -0.39 is 0 Å². The summed E-state index contributed by atoms with van der Waals surface area (Å²) >= 11 is 0. The highest BCUT2D eigenvalue weighted by Crippen LogP contribution is 2.42. The van der Waals surface area contributed by atoms with Crippen molar-refractivity contribution in [3.05, 3.63) is 88.2 Å². The van der Waals surface area contributed by atoms with Crippen molar-refractivity contribution in [2.24, 2.45) is 0 Å². The average molecular weight is 459 g/mol. The first-order valence-corrected chi connectivity index (χ1v) is 12.1. The Balaban J connectivity index is 1.72. The van der Waals surface area contributed by atoms with E-state index in [4.69, 9.17) is 9.47 Å². The lowest BCUT2D eigenvalue weighted by atomic mass is 9.85. The molecule has 3 aromatic rings. The zero-order valence-corrected chi connectivity index (χ0v) is 20.6. The molecule has 1 aliphatic heterocycles. The summed E-state index contributed by atoms with van der Waals surface area (Å²) in [5.74, 6) is 1.65. The van der Waals surface area contributed by atoms with Gasteiger partial charge in [0.15, 0.2) is 11.5 Å². The van der Waals surface area contributed by atoms with Gasteiger partial charge in [-0.2, -0.15) is 0 Å². The Morgan fingerprint density at radius 3 is 2.68 bits per heavy atom. The summed E-state index contributed by atoms with van der Waals surface area (Å²) in [6, 6.07) is 14.5. The number of nitrogens with zero attached hydrogens (tertiary/aromatic N) is 2. The van der Waals surface area contributed by atoms with E-state index in [1.54, 1.807) is 13.3 Å². The molecule has 0 radical (unpaired) electrons. The van der Waals surface area contributed by atoms with Gasteiger partial charge in [0, 0.05) is 31.8 Å². The lowest BCUT2D eigenvalue weighted by molar-refractivity contribution is -0.133. The molecular weight excluding hydrogens is 424 g/mol. The van der Waals surface area contributed by atoms with Crippen LogP contribution in [0.2, 0.25) is 0 Å². The predicted molar refractivity (Wildman–Crippen MR) is 135 cm³/mol. The molecule has 0 aliphatic carbocycles. The van der Waals surface area contributed by atoms with Crippen molar-refractivity contribution in [1.29, 1.82) is 0 Å². The van der Waals surface area contributed by atoms with E-state index in [-0.39, 0.29) is 11.9 Å². The molecule has 1 aliphatic rings. The van der Waals surface area contributed by atoms with Crippen LogP contribution in [0.3, 0.4) is 0 Å². The van der Waals surface area contributed by atoms with Gasteiger partial charge in [-0.1, -0.05) is 36.8 Å². The minimum atomic E-state index is -0.130. The van der Waals surface area contributed by atoms with Gasteiger partial charge < -0.3 is 14.4 Å². The molecule has 0 bridgehead atoms. The van der Waals surface area contributed by atoms with Crippen molar-refractivity contribution >= 4 is 5.91 Å². The van der Waals surface area contributed by atoms with E-state index in [1.165, 1.54) is 22.3 Å². The van der Waals surface area contributed by atoms with Crippen LogP contribution < -0.4 is 9.47 Å². The van der Waals surface area contributed by atoms with Crippen LogP contribution in [0.25, 0.3) is 0 Å². The van der Waals surface area contributed by atoms with Crippen LogP contribution in [-0.4, -0.2) is 36.1 Å². The number of aryl methyl sites for hydroxylation is 2. The van der Waals surface area contributed by atoms with E-state index in [0.29, 0.717) is 25.3 Å². The predicted octanol–water partition coefficient (Wildman–Crippen LogP) is 5.60. The maximum Gasteiger partial charge on any atom is 0.223 e. The third kappa shape index (κ3) is 5.09. The standard InChI is InChI=1S/C29H34N2O3/c1-5-7-28(32)31-14-11-23-17-26(33-4)27(34-15-12-22-8-6-13-30-19-22)18-25(23)29(31)24-10-9-20(2)16-21(24)3/h6,8-10,13,16-19,29H,5,7,11-12,14-15H2,1-4H3. The fourth-order valence-electron chi connectivity index (χ4n) is 4.82. The van der Waals surface area contributed by atoms with Gasteiger partial charge in [0.25, 0.3) is 0 Å². The Bertz CT molecular complexity index is 1140. The second-order valence-corrected chi connectivity index (χ2v) is 9.01. The number of amides is 1. The minimum absolute atomic E-state index is 0.130. The van der Waals surface area contributed by atoms with E-state index in [2.05, 4.69) is 61.0 Å². The number of fused-ring (bicyclic) bond motifs is 1. The normalized spacial score (nSPS) is 15.1. The SMILES string of the molecule is CCCC(=O)N1CCc2cc(OC)c(OCCc3cccnc3)cc2C1c1ccc(C)cc1C. The topological polar surface area (TPSA) is 51.7 Å². The molecule has 0 spiro atoms. The van der Waals surface area contributed by atoms with Gasteiger partial charge in [-0.05, 0) is 72.7 Å². The summed E-state index contributed by atoms with van der Waals surface area (Å²) in [4.78, 5) is 19.4. The number of pyridine rings is 1. The van der Waals surface area contributed by atoms with Crippen LogP contribution in [0.15, 0.2) is 54.9 Å². The number of aromatic nitrogens is 1. The summed E-state index contributed by atoms with van der Waals surface area (Å²) in [5.41, 5.74) is 7.05. The number of rotatable bonds is 8. The third-order valence-electron chi connectivity index (χ3n) is 6.53. The quantitative estimate of drug-likeness (QED) is 0.441.